The molecule has 0 radical (unpaired) electrons. The second-order valence-corrected chi connectivity index (χ2v) is 8.14. The molecule has 0 bridgehead atoms. The Bertz CT molecular complexity index is 492. The topological polar surface area (TPSA) is 33.6 Å². The molecule has 1 N–H and O–H groups in total. The van der Waals surface area contributed by atoms with Crippen molar-refractivity contribution in [2.24, 2.45) is 4.99 Å². The highest BCUT2D eigenvalue weighted by atomic mass is 32.2. The minimum Gasteiger partial charge on any atom is -0.381 e. The molecule has 0 aliphatic carbocycles. The number of aryl methyl sites for hydroxylation is 1. The maximum Gasteiger partial charge on any atom is 0.157 e. The quantitative estimate of drug-likeness (QED) is 0.930. The standard InChI is InChI=1S/C15H22N2OS2/c1-11(9-13-4-3-12(2)20-13)16-14-17-15(10-19-14)5-7-18-8-6-15/h3-4,11H,5-10H2,1-2H3,(H,16,17). The van der Waals surface area contributed by atoms with Gasteiger partial charge in [0, 0.05) is 35.1 Å². The minimum absolute atomic E-state index is 0.251. The zero-order valence-electron chi connectivity index (χ0n) is 12.1. The third-order valence-corrected chi connectivity index (χ3v) is 6.14. The Hall–Kier alpha value is -0.520. The van der Waals surface area contributed by atoms with Crippen LogP contribution in [0.5, 0.6) is 0 Å². The fourth-order valence-corrected chi connectivity index (χ4v) is 5.07. The van der Waals surface area contributed by atoms with E-state index in [1.165, 1.54) is 9.75 Å². The molecule has 2 fully saturated rings. The van der Waals surface area contributed by atoms with Crippen LogP contribution in [0, 0.1) is 6.92 Å². The van der Waals surface area contributed by atoms with Crippen LogP contribution in [0.2, 0.25) is 0 Å². The van der Waals surface area contributed by atoms with Gasteiger partial charge < -0.3 is 10.1 Å². The number of hydrogen-bond acceptors (Lipinski definition) is 4. The van der Waals surface area contributed by atoms with Gasteiger partial charge in [-0.2, -0.15) is 0 Å². The lowest BCUT2D eigenvalue weighted by molar-refractivity contribution is 0.0555. The lowest BCUT2D eigenvalue weighted by atomic mass is 9.93. The first-order chi connectivity index (χ1) is 9.65. The Balaban J connectivity index is 1.58. The van der Waals surface area contributed by atoms with Crippen LogP contribution in [-0.4, -0.2) is 35.7 Å². The molecule has 3 nitrogen and oxygen atoms in total. The summed E-state index contributed by atoms with van der Waals surface area (Å²) in [4.78, 5) is 7.68. The summed E-state index contributed by atoms with van der Waals surface area (Å²) in [7, 11) is 0. The van der Waals surface area contributed by atoms with Crippen molar-refractivity contribution in [3.63, 3.8) is 0 Å². The Morgan fingerprint density at radius 2 is 2.20 bits per heavy atom. The van der Waals surface area contributed by atoms with Crippen molar-refractivity contribution in [2.45, 2.75) is 44.7 Å². The van der Waals surface area contributed by atoms with E-state index in [-0.39, 0.29) is 5.54 Å². The molecule has 0 amide bonds. The third-order valence-electron chi connectivity index (χ3n) is 3.94. The first-order valence-electron chi connectivity index (χ1n) is 7.27. The van der Waals surface area contributed by atoms with Gasteiger partial charge in [0.15, 0.2) is 5.17 Å². The molecule has 110 valence electrons. The fraction of sp³-hybridized carbons (Fsp3) is 0.667. The lowest BCUT2D eigenvalue weighted by Crippen LogP contribution is -2.48. The smallest absolute Gasteiger partial charge is 0.157 e. The number of hydrogen-bond donors (Lipinski definition) is 1. The average molecular weight is 310 g/mol. The van der Waals surface area contributed by atoms with Gasteiger partial charge in [0.1, 0.15) is 0 Å². The Labute approximate surface area is 129 Å². The van der Waals surface area contributed by atoms with Crippen LogP contribution < -0.4 is 5.32 Å². The van der Waals surface area contributed by atoms with E-state index in [9.17, 15) is 0 Å². The molecule has 1 aromatic rings. The molecular weight excluding hydrogens is 288 g/mol. The van der Waals surface area contributed by atoms with E-state index in [0.29, 0.717) is 6.04 Å². The molecule has 5 heteroatoms. The molecular formula is C15H22N2OS2. The predicted molar refractivity (Wildman–Crippen MR) is 88.0 cm³/mol. The first-order valence-corrected chi connectivity index (χ1v) is 9.07. The molecule has 2 aliphatic heterocycles. The Morgan fingerprint density at radius 1 is 1.40 bits per heavy atom. The van der Waals surface area contributed by atoms with E-state index in [0.717, 1.165) is 43.4 Å². The van der Waals surface area contributed by atoms with Crippen LogP contribution >= 0.6 is 23.1 Å². The van der Waals surface area contributed by atoms with Crippen LogP contribution in [0.1, 0.15) is 29.5 Å². The van der Waals surface area contributed by atoms with Gasteiger partial charge in [-0.3, -0.25) is 4.99 Å². The molecule has 1 unspecified atom stereocenters. The van der Waals surface area contributed by atoms with Crippen molar-refractivity contribution < 1.29 is 4.74 Å². The average Bonchev–Trinajstić information content (AvgIpc) is 2.98. The van der Waals surface area contributed by atoms with Crippen LogP contribution in [0.15, 0.2) is 17.1 Å². The number of rotatable bonds is 3. The summed E-state index contributed by atoms with van der Waals surface area (Å²) in [5, 5.41) is 4.80. The van der Waals surface area contributed by atoms with E-state index in [4.69, 9.17) is 9.73 Å². The van der Waals surface area contributed by atoms with Crippen LogP contribution in [0.25, 0.3) is 0 Å². The molecule has 0 saturated carbocycles. The van der Waals surface area contributed by atoms with Gasteiger partial charge in [0.05, 0.1) is 11.6 Å². The van der Waals surface area contributed by atoms with Gasteiger partial charge in [-0.1, -0.05) is 11.8 Å². The summed E-state index contributed by atoms with van der Waals surface area (Å²) in [6.45, 7) is 6.13. The largest absolute Gasteiger partial charge is 0.381 e. The summed E-state index contributed by atoms with van der Waals surface area (Å²) in [5.41, 5.74) is 0.251. The maximum atomic E-state index is 5.47. The molecule has 3 rings (SSSR count). The van der Waals surface area contributed by atoms with Crippen molar-refractivity contribution in [2.75, 3.05) is 19.0 Å². The van der Waals surface area contributed by atoms with E-state index in [2.05, 4.69) is 31.3 Å². The molecule has 0 aromatic carbocycles. The number of thioether (sulfide) groups is 1. The summed E-state index contributed by atoms with van der Waals surface area (Å²) in [6, 6.07) is 4.77. The number of nitrogens with zero attached hydrogens (tertiary/aromatic N) is 1. The highest BCUT2D eigenvalue weighted by molar-refractivity contribution is 8.14. The van der Waals surface area contributed by atoms with Crippen molar-refractivity contribution in [1.29, 1.82) is 0 Å². The monoisotopic (exact) mass is 310 g/mol. The molecule has 1 aromatic heterocycles. The number of ether oxygens (including phenoxy) is 1. The number of thiophene rings is 1. The van der Waals surface area contributed by atoms with Gasteiger partial charge in [0.2, 0.25) is 0 Å². The summed E-state index contributed by atoms with van der Waals surface area (Å²) >= 11 is 3.76. The molecule has 2 aliphatic rings. The predicted octanol–water partition coefficient (Wildman–Crippen LogP) is 3.23. The van der Waals surface area contributed by atoms with Gasteiger partial charge in [-0.05, 0) is 38.8 Å². The molecule has 1 atom stereocenters. The van der Waals surface area contributed by atoms with Gasteiger partial charge in [-0.15, -0.1) is 11.3 Å². The molecule has 1 spiro atoms. The van der Waals surface area contributed by atoms with E-state index in [1.807, 2.05) is 23.1 Å². The minimum atomic E-state index is 0.251. The Morgan fingerprint density at radius 3 is 2.90 bits per heavy atom. The summed E-state index contributed by atoms with van der Waals surface area (Å²) < 4.78 is 5.47. The van der Waals surface area contributed by atoms with E-state index >= 15 is 0 Å². The highest BCUT2D eigenvalue weighted by Crippen LogP contribution is 2.32. The molecule has 20 heavy (non-hydrogen) atoms. The first kappa shape index (κ1) is 14.4. The highest BCUT2D eigenvalue weighted by Gasteiger charge is 2.38. The third kappa shape index (κ3) is 3.38. The number of amidine groups is 1. The van der Waals surface area contributed by atoms with Gasteiger partial charge >= 0.3 is 0 Å². The van der Waals surface area contributed by atoms with Gasteiger partial charge in [0.25, 0.3) is 0 Å². The van der Waals surface area contributed by atoms with Crippen LogP contribution in [0.4, 0.5) is 0 Å². The SMILES string of the molecule is Cc1ccc(CC(C)N=C2NC3(CCOCC3)CS2)s1. The van der Waals surface area contributed by atoms with Crippen LogP contribution in [0.3, 0.4) is 0 Å². The number of aliphatic imine (C=N–C) groups is 1. The van der Waals surface area contributed by atoms with Crippen molar-refractivity contribution in [1.82, 2.24) is 5.32 Å². The summed E-state index contributed by atoms with van der Waals surface area (Å²) in [6.07, 6.45) is 3.26. The lowest BCUT2D eigenvalue weighted by Gasteiger charge is -2.32. The molecule has 2 saturated heterocycles. The zero-order chi connectivity index (χ0) is 14.0. The second kappa shape index (κ2) is 6.08. The normalized spacial score (nSPS) is 25.0. The molecule has 3 heterocycles. The van der Waals surface area contributed by atoms with E-state index < -0.39 is 0 Å². The van der Waals surface area contributed by atoms with Gasteiger partial charge in [-0.25, -0.2) is 0 Å². The van der Waals surface area contributed by atoms with Crippen molar-refractivity contribution in [3.05, 3.63) is 21.9 Å². The van der Waals surface area contributed by atoms with E-state index in [1.54, 1.807) is 0 Å². The number of nitrogens with one attached hydrogen (secondary N) is 1. The summed E-state index contributed by atoms with van der Waals surface area (Å²) in [5.74, 6) is 1.14. The maximum absolute atomic E-state index is 5.47. The Kier molecular flexibility index (Phi) is 4.38. The van der Waals surface area contributed by atoms with Crippen LogP contribution in [-0.2, 0) is 11.2 Å². The van der Waals surface area contributed by atoms with Crippen molar-refractivity contribution >= 4 is 28.3 Å². The van der Waals surface area contributed by atoms with Crippen molar-refractivity contribution in [3.8, 4) is 0 Å². The zero-order valence-corrected chi connectivity index (χ0v) is 13.8. The fourth-order valence-electron chi connectivity index (χ4n) is 2.74. The second-order valence-electron chi connectivity index (χ2n) is 5.81.